The molecule has 1 aliphatic carbocycles. The molecule has 1 aliphatic heterocycles. The highest BCUT2D eigenvalue weighted by atomic mass is 16.2. The summed E-state index contributed by atoms with van der Waals surface area (Å²) in [5, 5.41) is 3.28. The molecule has 0 spiro atoms. The van der Waals surface area contributed by atoms with Crippen molar-refractivity contribution in [3.8, 4) is 0 Å². The summed E-state index contributed by atoms with van der Waals surface area (Å²) in [4.78, 5) is 26.3. The van der Waals surface area contributed by atoms with E-state index in [-0.39, 0.29) is 29.7 Å². The van der Waals surface area contributed by atoms with Crippen LogP contribution in [0.1, 0.15) is 55.3 Å². The van der Waals surface area contributed by atoms with Crippen molar-refractivity contribution in [2.24, 2.45) is 17.6 Å². The molecule has 4 rings (SSSR count). The van der Waals surface area contributed by atoms with E-state index in [2.05, 4.69) is 60.5 Å². The van der Waals surface area contributed by atoms with Crippen LogP contribution in [-0.4, -0.2) is 24.9 Å². The predicted molar refractivity (Wildman–Crippen MR) is 115 cm³/mol. The van der Waals surface area contributed by atoms with E-state index in [0.717, 1.165) is 29.7 Å². The molecule has 1 saturated carbocycles. The Bertz CT molecular complexity index is 897. The van der Waals surface area contributed by atoms with Crippen LogP contribution in [0, 0.1) is 11.8 Å². The number of carbonyl (C=O) groups is 2. The van der Waals surface area contributed by atoms with Crippen LogP contribution in [0.25, 0.3) is 0 Å². The minimum Gasteiger partial charge on any atom is -0.369 e. The van der Waals surface area contributed by atoms with Crippen LogP contribution in [-0.2, 0) is 9.59 Å². The second-order valence-corrected chi connectivity index (χ2v) is 8.60. The van der Waals surface area contributed by atoms with Crippen molar-refractivity contribution in [3.63, 3.8) is 0 Å². The lowest BCUT2D eigenvalue weighted by Crippen LogP contribution is -2.53. The summed E-state index contributed by atoms with van der Waals surface area (Å²) in [7, 11) is 0. The van der Waals surface area contributed by atoms with Crippen LogP contribution >= 0.6 is 0 Å². The first-order valence-corrected chi connectivity index (χ1v) is 10.5. The Kier molecular flexibility index (Phi) is 5.31. The smallest absolute Gasteiger partial charge is 0.224 e. The largest absolute Gasteiger partial charge is 0.369 e. The highest BCUT2D eigenvalue weighted by Crippen LogP contribution is 2.36. The van der Waals surface area contributed by atoms with E-state index in [9.17, 15) is 9.59 Å². The minimum atomic E-state index is -0.249. The zero-order valence-electron chi connectivity index (χ0n) is 17.1. The molecule has 2 amide bonds. The molecule has 0 radical (unpaired) electrons. The number of rotatable bonds is 7. The van der Waals surface area contributed by atoms with Crippen molar-refractivity contribution in [2.45, 2.75) is 38.6 Å². The van der Waals surface area contributed by atoms with Crippen molar-refractivity contribution in [2.75, 3.05) is 18.0 Å². The van der Waals surface area contributed by atoms with Gasteiger partial charge in [0.05, 0.1) is 12.0 Å². The third-order valence-corrected chi connectivity index (χ3v) is 6.04. The van der Waals surface area contributed by atoms with Gasteiger partial charge in [-0.05, 0) is 36.0 Å². The Labute approximate surface area is 172 Å². The lowest BCUT2D eigenvalue weighted by Gasteiger charge is -2.41. The maximum atomic E-state index is 12.7. The zero-order valence-corrected chi connectivity index (χ0v) is 17.1. The molecule has 1 heterocycles. The Hall–Kier alpha value is -2.82. The van der Waals surface area contributed by atoms with Gasteiger partial charge in [-0.3, -0.25) is 9.59 Å². The van der Waals surface area contributed by atoms with Crippen LogP contribution in [0.2, 0.25) is 0 Å². The molecule has 5 nitrogen and oxygen atoms in total. The monoisotopic (exact) mass is 391 g/mol. The maximum absolute atomic E-state index is 12.7. The lowest BCUT2D eigenvalue weighted by molar-refractivity contribution is -0.123. The van der Waals surface area contributed by atoms with E-state index in [1.54, 1.807) is 0 Å². The SMILES string of the molecule is CC(C)c1ccc(C(NC(=O)C2CC2)c2ccccc2N2CC(C(N)=O)C2)cc1. The summed E-state index contributed by atoms with van der Waals surface area (Å²) < 4.78 is 0. The van der Waals surface area contributed by atoms with Crippen LogP contribution in [0.5, 0.6) is 0 Å². The zero-order chi connectivity index (χ0) is 20.5. The fourth-order valence-corrected chi connectivity index (χ4v) is 3.89. The molecule has 3 N–H and O–H groups in total. The van der Waals surface area contributed by atoms with E-state index in [1.165, 1.54) is 5.56 Å². The molecule has 1 saturated heterocycles. The van der Waals surface area contributed by atoms with Gasteiger partial charge in [0, 0.05) is 30.3 Å². The van der Waals surface area contributed by atoms with Gasteiger partial charge >= 0.3 is 0 Å². The minimum absolute atomic E-state index is 0.104. The van der Waals surface area contributed by atoms with Gasteiger partial charge in [0.1, 0.15) is 0 Å². The van der Waals surface area contributed by atoms with Gasteiger partial charge in [0.25, 0.3) is 0 Å². The van der Waals surface area contributed by atoms with Gasteiger partial charge in [-0.1, -0.05) is 56.3 Å². The predicted octanol–water partition coefficient (Wildman–Crippen LogP) is 3.35. The molecule has 0 aromatic heterocycles. The molecule has 2 fully saturated rings. The molecular weight excluding hydrogens is 362 g/mol. The number of hydrogen-bond donors (Lipinski definition) is 2. The van der Waals surface area contributed by atoms with Crippen LogP contribution < -0.4 is 16.0 Å². The Morgan fingerprint density at radius 1 is 0.966 bits per heavy atom. The fourth-order valence-electron chi connectivity index (χ4n) is 3.89. The number of para-hydroxylation sites is 1. The number of nitrogens with one attached hydrogen (secondary N) is 1. The fraction of sp³-hybridized carbons (Fsp3) is 0.417. The summed E-state index contributed by atoms with van der Waals surface area (Å²) in [5.74, 6) is 0.372. The third-order valence-electron chi connectivity index (χ3n) is 6.04. The number of nitrogens with zero attached hydrogens (tertiary/aromatic N) is 1. The molecule has 2 aromatic carbocycles. The topological polar surface area (TPSA) is 75.4 Å². The van der Waals surface area contributed by atoms with Gasteiger partial charge < -0.3 is 16.0 Å². The molecule has 152 valence electrons. The summed E-state index contributed by atoms with van der Waals surface area (Å²) in [6.07, 6.45) is 1.94. The molecule has 5 heteroatoms. The summed E-state index contributed by atoms with van der Waals surface area (Å²) in [6, 6.07) is 16.4. The molecule has 0 bridgehead atoms. The Morgan fingerprint density at radius 3 is 2.17 bits per heavy atom. The van der Waals surface area contributed by atoms with E-state index < -0.39 is 0 Å². The molecular formula is C24H29N3O2. The van der Waals surface area contributed by atoms with Crippen LogP contribution in [0.4, 0.5) is 5.69 Å². The third kappa shape index (κ3) is 4.14. The summed E-state index contributed by atoms with van der Waals surface area (Å²) in [5.41, 5.74) is 9.91. The van der Waals surface area contributed by atoms with Crippen LogP contribution in [0.15, 0.2) is 48.5 Å². The first-order valence-electron chi connectivity index (χ1n) is 10.5. The highest BCUT2D eigenvalue weighted by Gasteiger charge is 2.35. The van der Waals surface area contributed by atoms with Crippen molar-refractivity contribution in [1.29, 1.82) is 0 Å². The molecule has 2 aromatic rings. The number of benzene rings is 2. The van der Waals surface area contributed by atoms with Gasteiger partial charge in [-0.2, -0.15) is 0 Å². The normalized spacial score (nSPS) is 17.7. The van der Waals surface area contributed by atoms with E-state index in [0.29, 0.717) is 19.0 Å². The quantitative estimate of drug-likeness (QED) is 0.760. The number of anilines is 1. The standard InChI is InChI=1S/C24H29N3O2/c1-15(2)16-7-9-17(10-8-16)22(26-24(29)18-11-12-18)20-5-3-4-6-21(20)27-13-19(14-27)23(25)28/h3-10,15,18-19,22H,11-14H2,1-2H3,(H2,25,28)(H,26,29). The molecule has 29 heavy (non-hydrogen) atoms. The Balaban J connectivity index is 1.66. The van der Waals surface area contributed by atoms with Gasteiger partial charge in [0.2, 0.25) is 11.8 Å². The summed E-state index contributed by atoms with van der Waals surface area (Å²) in [6.45, 7) is 5.61. The first kappa shape index (κ1) is 19.5. The van der Waals surface area contributed by atoms with Gasteiger partial charge in [0.15, 0.2) is 0 Å². The molecule has 1 atom stereocenters. The average molecular weight is 392 g/mol. The van der Waals surface area contributed by atoms with Gasteiger partial charge in [-0.25, -0.2) is 0 Å². The van der Waals surface area contributed by atoms with Crippen molar-refractivity contribution in [1.82, 2.24) is 5.32 Å². The number of carbonyl (C=O) groups excluding carboxylic acids is 2. The Morgan fingerprint density at radius 2 is 1.59 bits per heavy atom. The average Bonchev–Trinajstić information content (AvgIpc) is 3.50. The van der Waals surface area contributed by atoms with Gasteiger partial charge in [-0.15, -0.1) is 0 Å². The second-order valence-electron chi connectivity index (χ2n) is 8.60. The van der Waals surface area contributed by atoms with E-state index in [4.69, 9.17) is 5.73 Å². The second kappa shape index (κ2) is 7.90. The van der Waals surface area contributed by atoms with Crippen molar-refractivity contribution >= 4 is 17.5 Å². The lowest BCUT2D eigenvalue weighted by atomic mass is 9.91. The van der Waals surface area contributed by atoms with Crippen LogP contribution in [0.3, 0.4) is 0 Å². The van der Waals surface area contributed by atoms with Crippen molar-refractivity contribution in [3.05, 3.63) is 65.2 Å². The maximum Gasteiger partial charge on any atom is 0.224 e. The molecule has 2 aliphatic rings. The molecule has 1 unspecified atom stereocenters. The number of amides is 2. The number of nitrogens with two attached hydrogens (primary N) is 1. The highest BCUT2D eigenvalue weighted by molar-refractivity contribution is 5.83. The number of primary amides is 1. The van der Waals surface area contributed by atoms with E-state index in [1.807, 2.05) is 12.1 Å². The first-order chi connectivity index (χ1) is 13.9. The van der Waals surface area contributed by atoms with Crippen molar-refractivity contribution < 1.29 is 9.59 Å². The number of hydrogen-bond acceptors (Lipinski definition) is 3. The van der Waals surface area contributed by atoms with E-state index >= 15 is 0 Å². The summed E-state index contributed by atoms with van der Waals surface area (Å²) >= 11 is 0.